The summed E-state index contributed by atoms with van der Waals surface area (Å²) in [6.07, 6.45) is 6.13. The average molecular weight is 534 g/mol. The van der Waals surface area contributed by atoms with Crippen molar-refractivity contribution in [3.63, 3.8) is 0 Å². The fraction of sp³-hybridized carbons (Fsp3) is 0.179. The van der Waals surface area contributed by atoms with Crippen LogP contribution in [-0.2, 0) is 19.5 Å². The number of halogens is 3. The molecule has 6 nitrogen and oxygen atoms in total. The minimum atomic E-state index is -0.443. The molecule has 3 heterocycles. The maximum atomic E-state index is 13.7. The summed E-state index contributed by atoms with van der Waals surface area (Å²) in [5.74, 6) is -0.443. The summed E-state index contributed by atoms with van der Waals surface area (Å²) >= 11 is 11.7. The highest BCUT2D eigenvalue weighted by Gasteiger charge is 2.26. The largest absolute Gasteiger partial charge is 0.333 e. The normalized spacial score (nSPS) is 13.6. The Morgan fingerprint density at radius 3 is 2.84 bits per heavy atom. The number of nitriles is 1. The van der Waals surface area contributed by atoms with Crippen molar-refractivity contribution < 1.29 is 9.18 Å². The van der Waals surface area contributed by atoms with Gasteiger partial charge in [0, 0.05) is 49.9 Å². The van der Waals surface area contributed by atoms with Crippen molar-refractivity contribution in [1.82, 2.24) is 19.8 Å². The zero-order valence-electron chi connectivity index (χ0n) is 19.7. The van der Waals surface area contributed by atoms with E-state index in [9.17, 15) is 14.4 Å². The van der Waals surface area contributed by atoms with Gasteiger partial charge in [-0.2, -0.15) is 5.26 Å². The van der Waals surface area contributed by atoms with Crippen LogP contribution in [-0.4, -0.2) is 33.6 Å². The Morgan fingerprint density at radius 2 is 2.05 bits per heavy atom. The SMILES string of the molecule is N#Cc1ccc2c3c(n(C(=O)NCc4ccnc(Cl)c4)c2c1)CCN(CC=Cc1ccc(Cl)c(F)c1)C3. The molecule has 5 rings (SSSR count). The van der Waals surface area contributed by atoms with E-state index in [0.29, 0.717) is 42.3 Å². The van der Waals surface area contributed by atoms with Crippen molar-refractivity contribution in [2.45, 2.75) is 19.5 Å². The molecule has 0 saturated carbocycles. The standard InChI is InChI=1S/C28H22Cl2FN5O/c29-23-6-4-18(12-24(23)31)2-1-10-35-11-8-25-22(17-35)21-5-3-19(15-32)13-26(21)36(25)28(37)34-16-20-7-9-33-27(30)14-20/h1-7,9,12-14H,8,10-11,16-17H2,(H,34,37). The van der Waals surface area contributed by atoms with Crippen molar-refractivity contribution >= 4 is 46.2 Å². The molecule has 1 aliphatic heterocycles. The molecule has 2 aromatic heterocycles. The lowest BCUT2D eigenvalue weighted by atomic mass is 10.0. The molecule has 0 atom stereocenters. The summed E-state index contributed by atoms with van der Waals surface area (Å²) in [5.41, 5.74) is 4.80. The van der Waals surface area contributed by atoms with Gasteiger partial charge in [-0.15, -0.1) is 0 Å². The van der Waals surface area contributed by atoms with Gasteiger partial charge in [-0.1, -0.05) is 47.5 Å². The molecule has 4 aromatic rings. The van der Waals surface area contributed by atoms with Crippen LogP contribution in [0.1, 0.15) is 27.9 Å². The molecule has 0 bridgehead atoms. The van der Waals surface area contributed by atoms with E-state index in [4.69, 9.17) is 23.2 Å². The molecule has 0 spiro atoms. The van der Waals surface area contributed by atoms with E-state index in [1.807, 2.05) is 18.2 Å². The fourth-order valence-electron chi connectivity index (χ4n) is 4.63. The van der Waals surface area contributed by atoms with E-state index < -0.39 is 5.82 Å². The summed E-state index contributed by atoms with van der Waals surface area (Å²) in [7, 11) is 0. The number of hydrogen-bond acceptors (Lipinski definition) is 4. The highest BCUT2D eigenvalue weighted by atomic mass is 35.5. The second-order valence-electron chi connectivity index (χ2n) is 8.81. The number of amides is 1. The maximum absolute atomic E-state index is 13.7. The van der Waals surface area contributed by atoms with Gasteiger partial charge < -0.3 is 5.32 Å². The molecule has 0 saturated heterocycles. The highest BCUT2D eigenvalue weighted by Crippen LogP contribution is 2.31. The predicted molar refractivity (Wildman–Crippen MR) is 143 cm³/mol. The molecule has 1 aliphatic rings. The van der Waals surface area contributed by atoms with E-state index >= 15 is 0 Å². The summed E-state index contributed by atoms with van der Waals surface area (Å²) in [6.45, 7) is 2.37. The Morgan fingerprint density at radius 1 is 1.19 bits per heavy atom. The van der Waals surface area contributed by atoms with Crippen molar-refractivity contribution in [2.75, 3.05) is 13.1 Å². The molecular weight excluding hydrogens is 512 g/mol. The second-order valence-corrected chi connectivity index (χ2v) is 9.61. The molecule has 0 fully saturated rings. The van der Waals surface area contributed by atoms with Crippen LogP contribution in [0.25, 0.3) is 17.0 Å². The second kappa shape index (κ2) is 10.7. The number of carbonyl (C=O) groups excluding carboxylic acids is 1. The van der Waals surface area contributed by atoms with E-state index in [2.05, 4.69) is 21.3 Å². The van der Waals surface area contributed by atoms with E-state index in [1.165, 1.54) is 6.07 Å². The zero-order chi connectivity index (χ0) is 25.9. The van der Waals surface area contributed by atoms with Crippen LogP contribution in [0.2, 0.25) is 10.2 Å². The lowest BCUT2D eigenvalue weighted by Gasteiger charge is -2.27. The van der Waals surface area contributed by atoms with Crippen LogP contribution in [0, 0.1) is 17.1 Å². The lowest BCUT2D eigenvalue weighted by molar-refractivity contribution is 0.240. The Kier molecular flexibility index (Phi) is 7.24. The summed E-state index contributed by atoms with van der Waals surface area (Å²) < 4.78 is 15.4. The quantitative estimate of drug-likeness (QED) is 0.310. The van der Waals surface area contributed by atoms with Crippen LogP contribution in [0.5, 0.6) is 0 Å². The van der Waals surface area contributed by atoms with Crippen molar-refractivity contribution in [3.8, 4) is 6.07 Å². The van der Waals surface area contributed by atoms with Gasteiger partial charge in [0.25, 0.3) is 0 Å². The molecule has 9 heteroatoms. The third-order valence-corrected chi connectivity index (χ3v) is 6.93. The van der Waals surface area contributed by atoms with Crippen LogP contribution in [0.4, 0.5) is 9.18 Å². The van der Waals surface area contributed by atoms with Gasteiger partial charge in [0.2, 0.25) is 0 Å². The molecule has 1 amide bonds. The number of aromatic nitrogens is 2. The van der Waals surface area contributed by atoms with Crippen molar-refractivity contribution in [1.29, 1.82) is 5.26 Å². The molecule has 0 aliphatic carbocycles. The first-order valence-corrected chi connectivity index (χ1v) is 12.5. The third-order valence-electron chi connectivity index (χ3n) is 6.41. The van der Waals surface area contributed by atoms with E-state index in [0.717, 1.165) is 34.3 Å². The van der Waals surface area contributed by atoms with E-state index in [-0.39, 0.29) is 11.1 Å². The minimum Gasteiger partial charge on any atom is -0.333 e. The van der Waals surface area contributed by atoms with Crippen LogP contribution in [0.15, 0.2) is 60.8 Å². The van der Waals surface area contributed by atoms with Gasteiger partial charge in [0.15, 0.2) is 0 Å². The maximum Gasteiger partial charge on any atom is 0.326 e. The van der Waals surface area contributed by atoms with Crippen LogP contribution >= 0.6 is 23.2 Å². The molecule has 2 aromatic carbocycles. The predicted octanol–water partition coefficient (Wildman–Crippen LogP) is 6.18. The summed E-state index contributed by atoms with van der Waals surface area (Å²) in [5, 5.41) is 13.8. The zero-order valence-corrected chi connectivity index (χ0v) is 21.2. The lowest BCUT2D eigenvalue weighted by Crippen LogP contribution is -2.34. The first-order chi connectivity index (χ1) is 17.9. The molecule has 1 N–H and O–H groups in total. The molecular formula is C28H22Cl2FN5O. The molecule has 37 heavy (non-hydrogen) atoms. The summed E-state index contributed by atoms with van der Waals surface area (Å²) in [6, 6.07) is 15.6. The van der Waals surface area contributed by atoms with Gasteiger partial charge in [-0.25, -0.2) is 14.2 Å². The Labute approximate surface area is 223 Å². The van der Waals surface area contributed by atoms with Crippen LogP contribution < -0.4 is 5.32 Å². The number of pyridine rings is 1. The van der Waals surface area contributed by atoms with Gasteiger partial charge in [0.1, 0.15) is 11.0 Å². The van der Waals surface area contributed by atoms with Crippen LogP contribution in [0.3, 0.4) is 0 Å². The minimum absolute atomic E-state index is 0.102. The molecule has 0 radical (unpaired) electrons. The smallest absolute Gasteiger partial charge is 0.326 e. The first kappa shape index (κ1) is 25.0. The summed E-state index contributed by atoms with van der Waals surface area (Å²) in [4.78, 5) is 19.6. The number of benzene rings is 2. The third kappa shape index (κ3) is 5.37. The number of rotatable bonds is 5. The molecule has 186 valence electrons. The van der Waals surface area contributed by atoms with Crippen molar-refractivity contribution in [2.24, 2.45) is 0 Å². The Hall–Kier alpha value is -3.70. The number of fused-ring (bicyclic) bond motifs is 3. The highest BCUT2D eigenvalue weighted by molar-refractivity contribution is 6.30. The first-order valence-electron chi connectivity index (χ1n) is 11.7. The van der Waals surface area contributed by atoms with Crippen molar-refractivity contribution in [3.05, 3.63) is 105 Å². The number of nitrogens with one attached hydrogen (secondary N) is 1. The number of carbonyl (C=O) groups is 1. The number of nitrogens with zero attached hydrogens (tertiary/aromatic N) is 4. The topological polar surface area (TPSA) is 74.0 Å². The van der Waals surface area contributed by atoms with Gasteiger partial charge in [0.05, 0.1) is 22.2 Å². The number of hydrogen-bond donors (Lipinski definition) is 1. The van der Waals surface area contributed by atoms with Gasteiger partial charge >= 0.3 is 6.03 Å². The average Bonchev–Trinajstić information content (AvgIpc) is 3.22. The Bertz CT molecular complexity index is 1570. The van der Waals surface area contributed by atoms with E-state index in [1.54, 1.807) is 47.2 Å². The van der Waals surface area contributed by atoms with Gasteiger partial charge in [-0.05, 0) is 53.1 Å². The molecule has 0 unspecified atom stereocenters. The Balaban J connectivity index is 1.39. The fourth-order valence-corrected chi connectivity index (χ4v) is 4.95. The van der Waals surface area contributed by atoms with Gasteiger partial charge in [-0.3, -0.25) is 9.47 Å². The monoisotopic (exact) mass is 533 g/mol.